The van der Waals surface area contributed by atoms with E-state index < -0.39 is 0 Å². The summed E-state index contributed by atoms with van der Waals surface area (Å²) in [6.45, 7) is 8.38. The molecule has 1 saturated carbocycles. The van der Waals surface area contributed by atoms with E-state index in [0.29, 0.717) is 12.8 Å². The summed E-state index contributed by atoms with van der Waals surface area (Å²) in [5.74, 6) is 0.144. The maximum Gasteiger partial charge on any atom is 0.246 e. The lowest BCUT2D eigenvalue weighted by Gasteiger charge is -2.46. The second-order valence-corrected chi connectivity index (χ2v) is 6.54. The molecule has 1 aliphatic carbocycles. The molecule has 0 spiro atoms. The number of rotatable bonds is 3. The molecule has 4 heteroatoms. The lowest BCUT2D eigenvalue weighted by Crippen LogP contribution is -2.66. The van der Waals surface area contributed by atoms with E-state index in [1.165, 1.54) is 0 Å². The van der Waals surface area contributed by atoms with Crippen molar-refractivity contribution in [2.24, 2.45) is 5.41 Å². The molecule has 0 radical (unpaired) electrons. The fourth-order valence-electron chi connectivity index (χ4n) is 3.64. The highest BCUT2D eigenvalue weighted by Crippen LogP contribution is 2.42. The van der Waals surface area contributed by atoms with Crippen LogP contribution in [0.15, 0.2) is 0 Å². The molecule has 3 atom stereocenters. The van der Waals surface area contributed by atoms with Crippen molar-refractivity contribution in [3.8, 4) is 0 Å². The summed E-state index contributed by atoms with van der Waals surface area (Å²) >= 11 is 0. The van der Waals surface area contributed by atoms with E-state index in [-0.39, 0.29) is 35.4 Å². The normalized spacial score (nSPS) is 34.5. The van der Waals surface area contributed by atoms with Gasteiger partial charge in [-0.25, -0.2) is 0 Å². The highest BCUT2D eigenvalue weighted by Gasteiger charge is 2.48. The second kappa shape index (κ2) is 5.14. The minimum Gasteiger partial charge on any atom is -0.343 e. The van der Waals surface area contributed by atoms with Crippen LogP contribution in [0.1, 0.15) is 59.8 Å². The van der Waals surface area contributed by atoms with E-state index in [9.17, 15) is 9.59 Å². The first-order valence-corrected chi connectivity index (χ1v) is 7.55. The SMILES string of the molecule is CCC1NC(=O)C(CC)N(C2CCCC2(C)C)C1=O. The van der Waals surface area contributed by atoms with Crippen molar-refractivity contribution < 1.29 is 9.59 Å². The Labute approximate surface area is 115 Å². The Bertz CT molecular complexity index is 378. The average Bonchev–Trinajstić information content (AvgIpc) is 2.70. The van der Waals surface area contributed by atoms with Gasteiger partial charge in [-0.2, -0.15) is 0 Å². The Morgan fingerprint density at radius 3 is 2.42 bits per heavy atom. The quantitative estimate of drug-likeness (QED) is 0.850. The van der Waals surface area contributed by atoms with Gasteiger partial charge in [0.1, 0.15) is 12.1 Å². The summed E-state index contributed by atoms with van der Waals surface area (Å²) in [5.41, 5.74) is 0.124. The van der Waals surface area contributed by atoms with Crippen LogP contribution in [0.3, 0.4) is 0 Å². The maximum absolute atomic E-state index is 12.7. The van der Waals surface area contributed by atoms with E-state index in [1.54, 1.807) is 0 Å². The Kier molecular flexibility index (Phi) is 3.88. The van der Waals surface area contributed by atoms with Gasteiger partial charge in [0.2, 0.25) is 11.8 Å². The molecular weight excluding hydrogens is 240 g/mol. The number of carbonyl (C=O) groups is 2. The number of nitrogens with one attached hydrogen (secondary N) is 1. The molecule has 2 amide bonds. The number of nitrogens with zero attached hydrogens (tertiary/aromatic N) is 1. The van der Waals surface area contributed by atoms with E-state index in [2.05, 4.69) is 19.2 Å². The second-order valence-electron chi connectivity index (χ2n) is 6.54. The van der Waals surface area contributed by atoms with Crippen molar-refractivity contribution in [1.29, 1.82) is 0 Å². The van der Waals surface area contributed by atoms with E-state index in [0.717, 1.165) is 19.3 Å². The Morgan fingerprint density at radius 1 is 1.26 bits per heavy atom. The van der Waals surface area contributed by atoms with Crippen LogP contribution >= 0.6 is 0 Å². The smallest absolute Gasteiger partial charge is 0.246 e. The topological polar surface area (TPSA) is 49.4 Å². The zero-order chi connectivity index (χ0) is 14.2. The van der Waals surface area contributed by atoms with Gasteiger partial charge >= 0.3 is 0 Å². The van der Waals surface area contributed by atoms with E-state index >= 15 is 0 Å². The Hall–Kier alpha value is -1.06. The first-order chi connectivity index (χ1) is 8.92. The van der Waals surface area contributed by atoms with Gasteiger partial charge < -0.3 is 10.2 Å². The van der Waals surface area contributed by atoms with Gasteiger partial charge in [-0.1, -0.05) is 34.1 Å². The van der Waals surface area contributed by atoms with Crippen LogP contribution in [0.2, 0.25) is 0 Å². The fourth-order valence-corrected chi connectivity index (χ4v) is 3.64. The van der Waals surface area contributed by atoms with Crippen molar-refractivity contribution in [3.63, 3.8) is 0 Å². The molecule has 4 nitrogen and oxygen atoms in total. The molecule has 0 aromatic rings. The van der Waals surface area contributed by atoms with Crippen molar-refractivity contribution in [3.05, 3.63) is 0 Å². The van der Waals surface area contributed by atoms with Gasteiger partial charge in [0.25, 0.3) is 0 Å². The summed E-state index contributed by atoms with van der Waals surface area (Å²) in [5, 5.41) is 2.87. The van der Waals surface area contributed by atoms with Crippen LogP contribution < -0.4 is 5.32 Å². The van der Waals surface area contributed by atoms with Gasteiger partial charge in [-0.05, 0) is 31.1 Å². The molecule has 2 aliphatic rings. The lowest BCUT2D eigenvalue weighted by atomic mass is 9.84. The molecule has 0 aromatic heterocycles. The third kappa shape index (κ3) is 2.37. The van der Waals surface area contributed by atoms with E-state index in [4.69, 9.17) is 0 Å². The Morgan fingerprint density at radius 2 is 1.95 bits per heavy atom. The standard InChI is InChI=1S/C15H26N2O2/c1-5-10-14(19)17(11(6-2)13(18)16-10)12-8-7-9-15(12,3)4/h10-12H,5-9H2,1-4H3,(H,16,18). The molecule has 1 N–H and O–H groups in total. The minimum absolute atomic E-state index is 0.0247. The minimum atomic E-state index is -0.327. The van der Waals surface area contributed by atoms with Gasteiger partial charge in [-0.15, -0.1) is 0 Å². The Balaban J connectivity index is 2.32. The number of hydrogen-bond acceptors (Lipinski definition) is 2. The van der Waals surface area contributed by atoms with Crippen LogP contribution in [0.25, 0.3) is 0 Å². The summed E-state index contributed by atoms with van der Waals surface area (Å²) in [7, 11) is 0. The highest BCUT2D eigenvalue weighted by atomic mass is 16.2. The van der Waals surface area contributed by atoms with Crippen LogP contribution in [0.5, 0.6) is 0 Å². The van der Waals surface area contributed by atoms with Crippen molar-refractivity contribution in [2.45, 2.75) is 77.9 Å². The van der Waals surface area contributed by atoms with Gasteiger partial charge in [0.05, 0.1) is 0 Å². The van der Waals surface area contributed by atoms with Gasteiger partial charge in [0, 0.05) is 6.04 Å². The first kappa shape index (κ1) is 14.4. The number of carbonyl (C=O) groups excluding carboxylic acids is 2. The molecule has 1 aliphatic heterocycles. The van der Waals surface area contributed by atoms with Gasteiger partial charge in [-0.3, -0.25) is 9.59 Å². The molecule has 3 unspecified atom stereocenters. The van der Waals surface area contributed by atoms with Crippen molar-refractivity contribution >= 4 is 11.8 Å². The third-order valence-electron chi connectivity index (χ3n) is 4.84. The molecule has 19 heavy (non-hydrogen) atoms. The zero-order valence-corrected chi connectivity index (χ0v) is 12.5. The molecule has 0 bridgehead atoms. The predicted molar refractivity (Wildman–Crippen MR) is 74.6 cm³/mol. The molecule has 2 fully saturated rings. The average molecular weight is 266 g/mol. The van der Waals surface area contributed by atoms with Crippen molar-refractivity contribution in [1.82, 2.24) is 10.2 Å². The lowest BCUT2D eigenvalue weighted by molar-refractivity contribution is -0.154. The zero-order valence-electron chi connectivity index (χ0n) is 12.5. The molecule has 2 rings (SSSR count). The van der Waals surface area contributed by atoms with E-state index in [1.807, 2.05) is 18.7 Å². The molecular formula is C15H26N2O2. The largest absolute Gasteiger partial charge is 0.343 e. The van der Waals surface area contributed by atoms with Gasteiger partial charge in [0.15, 0.2) is 0 Å². The summed E-state index contributed by atoms with van der Waals surface area (Å²) in [4.78, 5) is 26.8. The number of hydrogen-bond donors (Lipinski definition) is 1. The van der Waals surface area contributed by atoms with Crippen LogP contribution in [0.4, 0.5) is 0 Å². The maximum atomic E-state index is 12.7. The predicted octanol–water partition coefficient (Wildman–Crippen LogP) is 2.08. The first-order valence-electron chi connectivity index (χ1n) is 7.55. The number of piperazine rings is 1. The fraction of sp³-hybridized carbons (Fsp3) is 0.867. The molecule has 1 saturated heterocycles. The molecule has 0 aromatic carbocycles. The molecule has 1 heterocycles. The van der Waals surface area contributed by atoms with Crippen LogP contribution in [-0.2, 0) is 9.59 Å². The van der Waals surface area contributed by atoms with Crippen LogP contribution in [-0.4, -0.2) is 34.8 Å². The molecule has 108 valence electrons. The third-order valence-corrected chi connectivity index (χ3v) is 4.84. The number of amides is 2. The summed E-state index contributed by atoms with van der Waals surface area (Å²) in [6.07, 6.45) is 4.68. The monoisotopic (exact) mass is 266 g/mol. The highest BCUT2D eigenvalue weighted by molar-refractivity contribution is 5.97. The van der Waals surface area contributed by atoms with Crippen molar-refractivity contribution in [2.75, 3.05) is 0 Å². The van der Waals surface area contributed by atoms with Crippen LogP contribution in [0, 0.1) is 5.41 Å². The summed E-state index contributed by atoms with van der Waals surface area (Å²) < 4.78 is 0. The summed E-state index contributed by atoms with van der Waals surface area (Å²) in [6, 6.07) is -0.394.